The Labute approximate surface area is 87.1 Å². The maximum Gasteiger partial charge on any atom is 0.0556 e. The van der Waals surface area contributed by atoms with Gasteiger partial charge in [0.1, 0.15) is 0 Å². The maximum atomic E-state index is 8.85. The Kier molecular flexibility index (Phi) is 2.39. The quantitative estimate of drug-likeness (QED) is 0.723. The van der Waals surface area contributed by atoms with Crippen molar-refractivity contribution in [1.29, 1.82) is 0 Å². The van der Waals surface area contributed by atoms with Crippen molar-refractivity contribution in [2.75, 3.05) is 13.2 Å². The molecule has 0 aliphatic heterocycles. The molecular formula is C12H23NO. The predicted octanol–water partition coefficient (Wildman–Crippen LogP) is 1.78. The van der Waals surface area contributed by atoms with E-state index in [2.05, 4.69) is 26.1 Å². The molecule has 0 aromatic carbocycles. The summed E-state index contributed by atoms with van der Waals surface area (Å²) in [6.07, 6.45) is 4.07. The molecule has 2 fully saturated rings. The molecule has 0 amide bonds. The van der Waals surface area contributed by atoms with Gasteiger partial charge in [0.05, 0.1) is 6.61 Å². The lowest BCUT2D eigenvalue weighted by atomic mass is 9.69. The molecular weight excluding hydrogens is 174 g/mol. The molecule has 0 heterocycles. The molecule has 3 atom stereocenters. The Balaban J connectivity index is 2.11. The van der Waals surface area contributed by atoms with Crippen molar-refractivity contribution in [2.45, 2.75) is 46.1 Å². The number of aliphatic hydroxyl groups is 1. The van der Waals surface area contributed by atoms with Crippen LogP contribution in [-0.2, 0) is 0 Å². The maximum absolute atomic E-state index is 8.85. The molecule has 2 unspecified atom stereocenters. The highest BCUT2D eigenvalue weighted by molar-refractivity contribution is 5.12. The molecule has 2 nitrogen and oxygen atoms in total. The Hall–Kier alpha value is -0.0800. The third-order valence-corrected chi connectivity index (χ3v) is 5.30. The SMILES string of the molecule is CC1(C)C2CC[C@]1(C)C(NCCO)C2. The van der Waals surface area contributed by atoms with Crippen LogP contribution in [0.25, 0.3) is 0 Å². The Morgan fingerprint density at radius 3 is 2.50 bits per heavy atom. The largest absolute Gasteiger partial charge is 0.395 e. The second-order valence-corrected chi connectivity index (χ2v) is 5.84. The van der Waals surface area contributed by atoms with E-state index in [0.717, 1.165) is 12.5 Å². The third-order valence-electron chi connectivity index (χ3n) is 5.30. The van der Waals surface area contributed by atoms with E-state index in [0.29, 0.717) is 16.9 Å². The normalized spacial score (nSPS) is 44.6. The second kappa shape index (κ2) is 3.21. The predicted molar refractivity (Wildman–Crippen MR) is 58.1 cm³/mol. The Morgan fingerprint density at radius 2 is 2.07 bits per heavy atom. The number of hydrogen-bond donors (Lipinski definition) is 2. The van der Waals surface area contributed by atoms with Gasteiger partial charge in [0.2, 0.25) is 0 Å². The monoisotopic (exact) mass is 197 g/mol. The van der Waals surface area contributed by atoms with Crippen LogP contribution in [0, 0.1) is 16.7 Å². The van der Waals surface area contributed by atoms with Crippen molar-refractivity contribution in [3.8, 4) is 0 Å². The van der Waals surface area contributed by atoms with Crippen molar-refractivity contribution < 1.29 is 5.11 Å². The van der Waals surface area contributed by atoms with E-state index in [1.165, 1.54) is 19.3 Å². The summed E-state index contributed by atoms with van der Waals surface area (Å²) in [5.41, 5.74) is 0.937. The molecule has 2 saturated carbocycles. The molecule has 14 heavy (non-hydrogen) atoms. The molecule has 2 heteroatoms. The molecule has 2 rings (SSSR count). The van der Waals surface area contributed by atoms with Crippen molar-refractivity contribution in [3.05, 3.63) is 0 Å². The number of aliphatic hydroxyl groups excluding tert-OH is 1. The number of hydrogen-bond acceptors (Lipinski definition) is 2. The van der Waals surface area contributed by atoms with E-state index in [1.807, 2.05) is 0 Å². The van der Waals surface area contributed by atoms with Crippen LogP contribution in [0.4, 0.5) is 0 Å². The molecule has 0 radical (unpaired) electrons. The van der Waals surface area contributed by atoms with Gasteiger partial charge >= 0.3 is 0 Å². The molecule has 0 spiro atoms. The lowest BCUT2D eigenvalue weighted by Gasteiger charge is -2.39. The van der Waals surface area contributed by atoms with Gasteiger partial charge in [-0.25, -0.2) is 0 Å². The van der Waals surface area contributed by atoms with Crippen LogP contribution < -0.4 is 5.32 Å². The number of rotatable bonds is 3. The summed E-state index contributed by atoms with van der Waals surface area (Å²) in [4.78, 5) is 0. The van der Waals surface area contributed by atoms with Crippen molar-refractivity contribution in [1.82, 2.24) is 5.32 Å². The van der Waals surface area contributed by atoms with Gasteiger partial charge in [0.15, 0.2) is 0 Å². The van der Waals surface area contributed by atoms with Gasteiger partial charge in [-0.3, -0.25) is 0 Å². The van der Waals surface area contributed by atoms with Crippen LogP contribution >= 0.6 is 0 Å². The van der Waals surface area contributed by atoms with Gasteiger partial charge < -0.3 is 10.4 Å². The minimum absolute atomic E-state index is 0.262. The van der Waals surface area contributed by atoms with Gasteiger partial charge in [-0.15, -0.1) is 0 Å². The molecule has 2 N–H and O–H groups in total. The van der Waals surface area contributed by atoms with E-state index in [-0.39, 0.29) is 6.61 Å². The molecule has 0 saturated heterocycles. The van der Waals surface area contributed by atoms with Crippen molar-refractivity contribution in [3.63, 3.8) is 0 Å². The second-order valence-electron chi connectivity index (χ2n) is 5.84. The smallest absolute Gasteiger partial charge is 0.0556 e. The van der Waals surface area contributed by atoms with Gasteiger partial charge in [-0.1, -0.05) is 20.8 Å². The summed E-state index contributed by atoms with van der Waals surface area (Å²) < 4.78 is 0. The first-order valence-corrected chi connectivity index (χ1v) is 5.86. The first-order chi connectivity index (χ1) is 6.52. The summed E-state index contributed by atoms with van der Waals surface area (Å²) in [6, 6.07) is 0.628. The summed E-state index contributed by atoms with van der Waals surface area (Å²) in [5.74, 6) is 0.892. The average molecular weight is 197 g/mol. The van der Waals surface area contributed by atoms with E-state index >= 15 is 0 Å². The van der Waals surface area contributed by atoms with Gasteiger partial charge in [-0.2, -0.15) is 0 Å². The van der Waals surface area contributed by atoms with Crippen LogP contribution in [0.15, 0.2) is 0 Å². The van der Waals surface area contributed by atoms with E-state index in [4.69, 9.17) is 5.11 Å². The molecule has 2 bridgehead atoms. The van der Waals surface area contributed by atoms with Crippen LogP contribution in [0.1, 0.15) is 40.0 Å². The lowest BCUT2D eigenvalue weighted by Crippen LogP contribution is -2.45. The fraction of sp³-hybridized carbons (Fsp3) is 1.00. The zero-order valence-electron chi connectivity index (χ0n) is 9.64. The summed E-state index contributed by atoms with van der Waals surface area (Å²) in [7, 11) is 0. The van der Waals surface area contributed by atoms with Crippen LogP contribution in [-0.4, -0.2) is 24.3 Å². The average Bonchev–Trinajstić information content (AvgIpc) is 2.46. The Bertz CT molecular complexity index is 226. The van der Waals surface area contributed by atoms with Crippen LogP contribution in [0.5, 0.6) is 0 Å². The van der Waals surface area contributed by atoms with Crippen molar-refractivity contribution in [2.24, 2.45) is 16.7 Å². The zero-order valence-corrected chi connectivity index (χ0v) is 9.64. The fourth-order valence-electron chi connectivity index (χ4n) is 3.75. The van der Waals surface area contributed by atoms with E-state index in [9.17, 15) is 0 Å². The summed E-state index contributed by atoms with van der Waals surface area (Å²) in [5, 5.41) is 12.4. The molecule has 0 aromatic rings. The van der Waals surface area contributed by atoms with Gasteiger partial charge in [-0.05, 0) is 36.0 Å². The van der Waals surface area contributed by atoms with Gasteiger partial charge in [0.25, 0.3) is 0 Å². The number of fused-ring (bicyclic) bond motifs is 2. The molecule has 0 aromatic heterocycles. The van der Waals surface area contributed by atoms with E-state index < -0.39 is 0 Å². The lowest BCUT2D eigenvalue weighted by molar-refractivity contribution is 0.118. The van der Waals surface area contributed by atoms with Crippen molar-refractivity contribution >= 4 is 0 Å². The van der Waals surface area contributed by atoms with Gasteiger partial charge in [0, 0.05) is 12.6 Å². The highest BCUT2D eigenvalue weighted by Gasteiger charge is 2.60. The molecule has 2 aliphatic carbocycles. The molecule has 82 valence electrons. The summed E-state index contributed by atoms with van der Waals surface area (Å²) in [6.45, 7) is 8.28. The highest BCUT2D eigenvalue weighted by Crippen LogP contribution is 2.65. The topological polar surface area (TPSA) is 32.3 Å². The number of nitrogens with one attached hydrogen (secondary N) is 1. The first kappa shape index (κ1) is 10.4. The fourth-order valence-corrected chi connectivity index (χ4v) is 3.75. The highest BCUT2D eigenvalue weighted by atomic mass is 16.3. The third kappa shape index (κ3) is 1.17. The molecule has 2 aliphatic rings. The van der Waals surface area contributed by atoms with E-state index in [1.54, 1.807) is 0 Å². The summed E-state index contributed by atoms with van der Waals surface area (Å²) >= 11 is 0. The van der Waals surface area contributed by atoms with Crippen LogP contribution in [0.3, 0.4) is 0 Å². The van der Waals surface area contributed by atoms with Crippen LogP contribution in [0.2, 0.25) is 0 Å². The zero-order chi connectivity index (χ0) is 10.4. The Morgan fingerprint density at radius 1 is 1.36 bits per heavy atom. The standard InChI is InChI=1S/C12H23NO/c1-11(2)9-4-5-12(11,3)10(8-9)13-6-7-14/h9-10,13-14H,4-8H2,1-3H3/t9?,10?,12-/m1/s1. The minimum atomic E-state index is 0.262. The minimum Gasteiger partial charge on any atom is -0.395 e. The first-order valence-electron chi connectivity index (χ1n) is 5.86.